The van der Waals surface area contributed by atoms with Gasteiger partial charge in [0.2, 0.25) is 5.69 Å². The van der Waals surface area contributed by atoms with E-state index in [2.05, 4.69) is 262 Å². The molecule has 0 aliphatic heterocycles. The van der Waals surface area contributed by atoms with Gasteiger partial charge < -0.3 is 13.7 Å². The number of hydrogen-bond donors (Lipinski definition) is 0. The van der Waals surface area contributed by atoms with Crippen molar-refractivity contribution in [1.82, 2.24) is 13.7 Å². The molecular weight excluding hydrogens is 1020 g/mol. The molecule has 5 heterocycles. The minimum atomic E-state index is 0.376. The maximum absolute atomic E-state index is 12.7. The monoisotopic (exact) mass is 1060 g/mol. The highest BCUT2D eigenvalue weighted by Gasteiger charge is 2.34. The van der Waals surface area contributed by atoms with Crippen LogP contribution in [0.3, 0.4) is 0 Å². The van der Waals surface area contributed by atoms with Gasteiger partial charge in [0.25, 0.3) is 0 Å². The molecule has 0 aliphatic rings. The molecule has 0 radical (unpaired) electrons. The Morgan fingerprint density at radius 1 is 0.333 bits per heavy atom. The number of para-hydroxylation sites is 2. The maximum Gasteiger partial charge on any atom is 0.236 e. The van der Waals surface area contributed by atoms with Gasteiger partial charge in [0.15, 0.2) is 0 Å². The zero-order valence-electron chi connectivity index (χ0n) is 43.2. The van der Waals surface area contributed by atoms with Crippen molar-refractivity contribution < 1.29 is 0 Å². The number of nitriles is 1. The fourth-order valence-electron chi connectivity index (χ4n) is 13.3. The molecule has 0 aliphatic carbocycles. The van der Waals surface area contributed by atoms with Crippen molar-refractivity contribution in [2.45, 2.75) is 0 Å². The molecule has 5 aromatic heterocycles. The minimum absolute atomic E-state index is 0.376. The van der Waals surface area contributed by atoms with Gasteiger partial charge in [-0.25, -0.2) is 4.85 Å². The maximum atomic E-state index is 12.7. The van der Waals surface area contributed by atoms with Crippen LogP contribution in [0, 0.1) is 17.9 Å². The number of hydrogen-bond acceptors (Lipinski definition) is 3. The van der Waals surface area contributed by atoms with Gasteiger partial charge in [0.05, 0.1) is 71.7 Å². The summed E-state index contributed by atoms with van der Waals surface area (Å²) in [5.41, 5.74) is 14.5. The fourth-order valence-corrected chi connectivity index (χ4v) is 15.7. The number of rotatable bonds is 6. The minimum Gasteiger partial charge on any atom is -0.318 e. The Morgan fingerprint density at radius 3 is 1.22 bits per heavy atom. The van der Waals surface area contributed by atoms with Crippen molar-refractivity contribution >= 4 is 134 Å². The van der Waals surface area contributed by atoms with E-state index in [9.17, 15) is 11.8 Å². The van der Waals surface area contributed by atoms with Crippen molar-refractivity contribution in [3.63, 3.8) is 0 Å². The van der Waals surface area contributed by atoms with E-state index in [1.165, 1.54) is 20.2 Å². The number of aromatic nitrogens is 3. The van der Waals surface area contributed by atoms with Crippen LogP contribution < -0.4 is 0 Å². The number of fused-ring (bicyclic) bond motifs is 17. The second-order valence-corrected chi connectivity index (χ2v) is 22.9. The third-order valence-electron chi connectivity index (χ3n) is 16.7. The van der Waals surface area contributed by atoms with Crippen LogP contribution in [0.2, 0.25) is 0 Å². The number of nitrogens with zero attached hydrogens (tertiary/aromatic N) is 5. The van der Waals surface area contributed by atoms with Crippen molar-refractivity contribution in [3.05, 3.63) is 266 Å². The quantitative estimate of drug-likeness (QED) is 0.153. The molecule has 0 amide bonds. The standard InChI is InChI=1S/C74H41N5S2/c1-76-67-69(77-62-39-33-47(44-19-5-2-6-20-44)41-57(62)58-42-48(34-40-63(58)77)45-21-7-3-8-22-45)59(43-75)68(78-60-29-15-11-25-49(60)53-35-37-55-51-27-13-17-31-64(51)80-73(55)70(53)78)66(46-23-9-4-10-24-46)72(67)79-61-30-16-12-26-50(61)54-36-38-56-52-28-14-18-32-65(52)81-74(56)71(54)79/h2-42H. The van der Waals surface area contributed by atoms with E-state index in [-0.39, 0.29) is 0 Å². The van der Waals surface area contributed by atoms with Gasteiger partial charge in [-0.1, -0.05) is 200 Å². The van der Waals surface area contributed by atoms with Crippen LogP contribution in [0.1, 0.15) is 5.56 Å². The smallest absolute Gasteiger partial charge is 0.236 e. The van der Waals surface area contributed by atoms with Crippen molar-refractivity contribution in [2.75, 3.05) is 0 Å². The average Bonchev–Trinajstić information content (AvgIpc) is 4.49. The normalized spacial score (nSPS) is 11.9. The summed E-state index contributed by atoms with van der Waals surface area (Å²) in [4.78, 5) is 4.84. The van der Waals surface area contributed by atoms with Crippen molar-refractivity contribution in [1.29, 1.82) is 5.26 Å². The molecule has 0 fully saturated rings. The van der Waals surface area contributed by atoms with E-state index in [0.29, 0.717) is 28.3 Å². The molecule has 0 saturated heterocycles. The van der Waals surface area contributed by atoms with Gasteiger partial charge in [0.1, 0.15) is 6.07 Å². The Kier molecular flexibility index (Phi) is 9.82. The molecular formula is C74H41N5S2. The first-order valence-corrected chi connectivity index (χ1v) is 28.7. The molecule has 17 aromatic rings. The zero-order valence-corrected chi connectivity index (χ0v) is 44.9. The van der Waals surface area contributed by atoms with E-state index in [1.54, 1.807) is 22.7 Å². The molecule has 0 N–H and O–H groups in total. The molecule has 0 unspecified atom stereocenters. The van der Waals surface area contributed by atoms with Gasteiger partial charge in [-0.15, -0.1) is 22.7 Å². The van der Waals surface area contributed by atoms with Crippen LogP contribution >= 0.6 is 22.7 Å². The highest BCUT2D eigenvalue weighted by atomic mass is 32.1. The van der Waals surface area contributed by atoms with Gasteiger partial charge in [-0.2, -0.15) is 5.26 Å². The number of benzene rings is 12. The van der Waals surface area contributed by atoms with Crippen molar-refractivity contribution in [2.24, 2.45) is 0 Å². The third kappa shape index (κ3) is 6.45. The highest BCUT2D eigenvalue weighted by molar-refractivity contribution is 7.27. The van der Waals surface area contributed by atoms with E-state index in [4.69, 9.17) is 4.85 Å². The molecule has 0 saturated carbocycles. The summed E-state index contributed by atoms with van der Waals surface area (Å²) in [6.07, 6.45) is 0. The molecule has 7 heteroatoms. The number of thiophene rings is 2. The van der Waals surface area contributed by atoms with Gasteiger partial charge in [-0.3, -0.25) is 0 Å². The lowest BCUT2D eigenvalue weighted by Gasteiger charge is -2.26. The molecule has 0 bridgehead atoms. The van der Waals surface area contributed by atoms with Crippen LogP contribution in [-0.4, -0.2) is 13.7 Å². The molecule has 0 atom stereocenters. The Balaban J connectivity index is 1.15. The summed E-state index contributed by atoms with van der Waals surface area (Å²) < 4.78 is 11.7. The van der Waals surface area contributed by atoms with Crippen LogP contribution in [0.15, 0.2) is 249 Å². The summed E-state index contributed by atoms with van der Waals surface area (Å²) in [5.74, 6) is 0. The first-order chi connectivity index (χ1) is 40.1. The summed E-state index contributed by atoms with van der Waals surface area (Å²) in [7, 11) is 0. The third-order valence-corrected chi connectivity index (χ3v) is 19.1. The SMILES string of the molecule is [C-]#[N+]c1c(-n2c3ccc(-c4ccccc4)cc3c3cc(-c4ccccc4)ccc32)c(C#N)c(-n2c3ccccc3c3ccc4c5ccccc5sc4c32)c(-c2ccccc2)c1-n1c2ccccc2c2ccc3c4ccccc4sc3c21. The van der Waals surface area contributed by atoms with E-state index < -0.39 is 0 Å². The van der Waals surface area contributed by atoms with Gasteiger partial charge in [-0.05, 0) is 76.3 Å². The Bertz CT molecular complexity index is 5280. The molecule has 17 rings (SSSR count). The summed E-state index contributed by atoms with van der Waals surface area (Å²) in [6.45, 7) is 9.90. The van der Waals surface area contributed by atoms with Crippen LogP contribution in [0.25, 0.3) is 161 Å². The topological polar surface area (TPSA) is 42.9 Å². The largest absolute Gasteiger partial charge is 0.318 e. The summed E-state index contributed by atoms with van der Waals surface area (Å²) >= 11 is 3.58. The highest BCUT2D eigenvalue weighted by Crippen LogP contribution is 2.54. The lowest BCUT2D eigenvalue weighted by molar-refractivity contribution is 1.10. The van der Waals surface area contributed by atoms with Crippen LogP contribution in [0.5, 0.6) is 0 Å². The van der Waals surface area contributed by atoms with Crippen LogP contribution in [-0.2, 0) is 0 Å². The predicted molar refractivity (Wildman–Crippen MR) is 343 cm³/mol. The summed E-state index contributed by atoms with van der Waals surface area (Å²) in [6, 6.07) is 91.5. The second kappa shape index (κ2) is 17.5. The van der Waals surface area contributed by atoms with E-state index in [1.807, 2.05) is 6.07 Å². The average molecular weight is 1060 g/mol. The van der Waals surface area contributed by atoms with Gasteiger partial charge in [0, 0.05) is 68.8 Å². The Morgan fingerprint density at radius 2 is 0.741 bits per heavy atom. The molecule has 5 nitrogen and oxygen atoms in total. The molecule has 0 spiro atoms. The Labute approximate surface area is 472 Å². The molecule has 81 heavy (non-hydrogen) atoms. The van der Waals surface area contributed by atoms with E-state index in [0.717, 1.165) is 119 Å². The summed E-state index contributed by atoms with van der Waals surface area (Å²) in [5, 5.41) is 23.8. The first-order valence-electron chi connectivity index (χ1n) is 27.1. The first kappa shape index (κ1) is 45.5. The van der Waals surface area contributed by atoms with Gasteiger partial charge >= 0.3 is 0 Å². The zero-order chi connectivity index (χ0) is 53.4. The van der Waals surface area contributed by atoms with Crippen molar-refractivity contribution in [3.8, 4) is 56.5 Å². The lowest BCUT2D eigenvalue weighted by Crippen LogP contribution is -2.11. The van der Waals surface area contributed by atoms with Crippen LogP contribution in [0.4, 0.5) is 5.69 Å². The molecule has 12 aromatic carbocycles. The predicted octanol–water partition coefficient (Wildman–Crippen LogP) is 21.1. The molecule has 374 valence electrons. The Hall–Kier alpha value is -10.5. The van der Waals surface area contributed by atoms with E-state index >= 15 is 0 Å². The lowest BCUT2D eigenvalue weighted by atomic mass is 9.93. The fraction of sp³-hybridized carbons (Fsp3) is 0. The second-order valence-electron chi connectivity index (χ2n) is 20.8.